The summed E-state index contributed by atoms with van der Waals surface area (Å²) in [4.78, 5) is 0. The van der Waals surface area contributed by atoms with Crippen molar-refractivity contribution in [3.63, 3.8) is 0 Å². The second-order valence-corrected chi connectivity index (χ2v) is 3.88. The average Bonchev–Trinajstić information content (AvgIpc) is 2.18. The van der Waals surface area contributed by atoms with E-state index in [1.165, 1.54) is 0 Å². The van der Waals surface area contributed by atoms with Crippen LogP contribution in [-0.2, 0) is 0 Å². The van der Waals surface area contributed by atoms with Crippen molar-refractivity contribution in [3.8, 4) is 0 Å². The standard InChI is InChI=1S/C8H20N2O2S2.ClH/c11-7(5-9-1-3-13)8(12)6-10-2-4-14;/h7-14H,1-6H2;1H/t7-,8-;/m1./s1. The highest BCUT2D eigenvalue weighted by Gasteiger charge is 2.14. The maximum absolute atomic E-state index is 9.45. The Hall–Kier alpha value is 0.830. The minimum Gasteiger partial charge on any atom is -0.389 e. The van der Waals surface area contributed by atoms with Crippen LogP contribution in [0.4, 0.5) is 0 Å². The summed E-state index contributed by atoms with van der Waals surface area (Å²) in [5, 5.41) is 24.8. The van der Waals surface area contributed by atoms with Crippen molar-refractivity contribution in [1.82, 2.24) is 10.6 Å². The van der Waals surface area contributed by atoms with Crippen molar-refractivity contribution in [2.75, 3.05) is 37.7 Å². The number of rotatable bonds is 9. The summed E-state index contributed by atoms with van der Waals surface area (Å²) < 4.78 is 0. The van der Waals surface area contributed by atoms with E-state index < -0.39 is 12.2 Å². The molecule has 0 aromatic rings. The summed E-state index contributed by atoms with van der Waals surface area (Å²) in [5.74, 6) is 1.45. The molecule has 2 atom stereocenters. The Balaban J connectivity index is 0. The lowest BCUT2D eigenvalue weighted by atomic mass is 10.2. The molecule has 0 aliphatic rings. The summed E-state index contributed by atoms with van der Waals surface area (Å²) in [6.45, 7) is 2.25. The Morgan fingerprint density at radius 1 is 0.867 bits per heavy atom. The van der Waals surface area contributed by atoms with E-state index in [9.17, 15) is 10.2 Å². The van der Waals surface area contributed by atoms with Gasteiger partial charge in [-0.1, -0.05) is 0 Å². The van der Waals surface area contributed by atoms with Crippen LogP contribution in [0.1, 0.15) is 0 Å². The molecule has 0 rings (SSSR count). The first-order chi connectivity index (χ1) is 6.72. The molecule has 0 aromatic carbocycles. The van der Waals surface area contributed by atoms with Gasteiger partial charge in [0.2, 0.25) is 0 Å². The molecule has 0 fully saturated rings. The van der Waals surface area contributed by atoms with Crippen LogP contribution in [0.2, 0.25) is 0 Å². The highest BCUT2D eigenvalue weighted by Crippen LogP contribution is 1.90. The SMILES string of the molecule is Cl.O[C@H](CNCCS)[C@H](O)CNCCS. The lowest BCUT2D eigenvalue weighted by molar-refractivity contribution is 0.0216. The highest BCUT2D eigenvalue weighted by molar-refractivity contribution is 7.80. The van der Waals surface area contributed by atoms with Gasteiger partial charge in [-0.05, 0) is 0 Å². The molecule has 0 spiro atoms. The van der Waals surface area contributed by atoms with E-state index in [2.05, 4.69) is 35.9 Å². The average molecular weight is 277 g/mol. The van der Waals surface area contributed by atoms with Crippen LogP contribution in [0.25, 0.3) is 0 Å². The molecule has 0 amide bonds. The van der Waals surface area contributed by atoms with Crippen molar-refractivity contribution in [1.29, 1.82) is 0 Å². The van der Waals surface area contributed by atoms with Gasteiger partial charge >= 0.3 is 0 Å². The largest absolute Gasteiger partial charge is 0.389 e. The van der Waals surface area contributed by atoms with Gasteiger partial charge in [0.1, 0.15) is 0 Å². The molecule has 0 aliphatic heterocycles. The number of nitrogens with one attached hydrogen (secondary N) is 2. The Bertz CT molecular complexity index is 121. The lowest BCUT2D eigenvalue weighted by Gasteiger charge is -2.18. The molecule has 4 N–H and O–H groups in total. The molecule has 0 heterocycles. The Morgan fingerprint density at radius 2 is 1.20 bits per heavy atom. The molecule has 4 nitrogen and oxygen atoms in total. The van der Waals surface area contributed by atoms with Gasteiger partial charge < -0.3 is 20.8 Å². The Labute approximate surface area is 108 Å². The molecule has 0 saturated heterocycles. The van der Waals surface area contributed by atoms with Crippen molar-refractivity contribution in [2.24, 2.45) is 0 Å². The molecule has 0 radical (unpaired) electrons. The second kappa shape index (κ2) is 12.9. The zero-order chi connectivity index (χ0) is 10.8. The maximum Gasteiger partial charge on any atom is 0.0935 e. The van der Waals surface area contributed by atoms with Crippen LogP contribution in [0.3, 0.4) is 0 Å². The monoisotopic (exact) mass is 276 g/mol. The molecule has 15 heavy (non-hydrogen) atoms. The van der Waals surface area contributed by atoms with Crippen molar-refractivity contribution in [2.45, 2.75) is 12.2 Å². The number of aliphatic hydroxyl groups excluding tert-OH is 2. The summed E-state index contributed by atoms with van der Waals surface area (Å²) in [7, 11) is 0. The van der Waals surface area contributed by atoms with E-state index >= 15 is 0 Å². The van der Waals surface area contributed by atoms with Gasteiger partial charge in [0.25, 0.3) is 0 Å². The topological polar surface area (TPSA) is 64.5 Å². The zero-order valence-corrected chi connectivity index (χ0v) is 11.2. The fourth-order valence-electron chi connectivity index (χ4n) is 0.930. The summed E-state index contributed by atoms with van der Waals surface area (Å²) in [6, 6.07) is 0. The van der Waals surface area contributed by atoms with Crippen LogP contribution in [0.15, 0.2) is 0 Å². The predicted octanol–water partition coefficient (Wildman–Crippen LogP) is -0.831. The lowest BCUT2D eigenvalue weighted by Crippen LogP contribution is -2.42. The van der Waals surface area contributed by atoms with Gasteiger partial charge in [0.05, 0.1) is 12.2 Å². The molecular weight excluding hydrogens is 256 g/mol. The summed E-state index contributed by atoms with van der Waals surface area (Å²) in [5.41, 5.74) is 0. The second-order valence-electron chi connectivity index (χ2n) is 2.99. The van der Waals surface area contributed by atoms with Crippen LogP contribution in [-0.4, -0.2) is 60.1 Å². The third-order valence-corrected chi connectivity index (χ3v) is 2.18. The van der Waals surface area contributed by atoms with Crippen LogP contribution in [0.5, 0.6) is 0 Å². The van der Waals surface area contributed by atoms with Crippen LogP contribution >= 0.6 is 37.7 Å². The third-order valence-electron chi connectivity index (χ3n) is 1.73. The highest BCUT2D eigenvalue weighted by atomic mass is 35.5. The Kier molecular flexibility index (Phi) is 15.7. The van der Waals surface area contributed by atoms with Crippen molar-refractivity contribution >= 4 is 37.7 Å². The predicted molar refractivity (Wildman–Crippen MR) is 72.7 cm³/mol. The first kappa shape index (κ1) is 18.2. The molecular formula is C8H21ClN2O2S2. The molecule has 0 saturated carbocycles. The third kappa shape index (κ3) is 11.1. The van der Waals surface area contributed by atoms with E-state index in [0.29, 0.717) is 13.1 Å². The van der Waals surface area contributed by atoms with Gasteiger partial charge in [-0.15, -0.1) is 12.4 Å². The molecule has 7 heteroatoms. The van der Waals surface area contributed by atoms with E-state index in [4.69, 9.17) is 0 Å². The minimum absolute atomic E-state index is 0. The zero-order valence-electron chi connectivity index (χ0n) is 8.59. The van der Waals surface area contributed by atoms with Gasteiger partial charge in [0, 0.05) is 37.7 Å². The van der Waals surface area contributed by atoms with E-state index in [1.807, 2.05) is 0 Å². The number of hydrogen-bond donors (Lipinski definition) is 6. The molecule has 94 valence electrons. The van der Waals surface area contributed by atoms with Crippen LogP contribution < -0.4 is 10.6 Å². The van der Waals surface area contributed by atoms with Crippen molar-refractivity contribution < 1.29 is 10.2 Å². The normalized spacial score (nSPS) is 14.4. The molecule has 0 aromatic heterocycles. The molecule has 0 aliphatic carbocycles. The van der Waals surface area contributed by atoms with Gasteiger partial charge in [-0.3, -0.25) is 0 Å². The van der Waals surface area contributed by atoms with Crippen molar-refractivity contribution in [3.05, 3.63) is 0 Å². The van der Waals surface area contributed by atoms with E-state index in [0.717, 1.165) is 24.6 Å². The summed E-state index contributed by atoms with van der Waals surface area (Å²) >= 11 is 8.03. The van der Waals surface area contributed by atoms with Gasteiger partial charge in [-0.2, -0.15) is 25.3 Å². The van der Waals surface area contributed by atoms with E-state index in [1.54, 1.807) is 0 Å². The number of aliphatic hydroxyl groups is 2. The fourth-order valence-corrected chi connectivity index (χ4v) is 1.25. The maximum atomic E-state index is 9.45. The van der Waals surface area contributed by atoms with Gasteiger partial charge in [0.15, 0.2) is 0 Å². The first-order valence-electron chi connectivity index (χ1n) is 4.71. The number of thiol groups is 2. The van der Waals surface area contributed by atoms with E-state index in [-0.39, 0.29) is 12.4 Å². The van der Waals surface area contributed by atoms with Crippen LogP contribution in [0, 0.1) is 0 Å². The quantitative estimate of drug-likeness (QED) is 0.246. The molecule has 0 unspecified atom stereocenters. The summed E-state index contributed by atoms with van der Waals surface area (Å²) in [6.07, 6.45) is -1.47. The first-order valence-corrected chi connectivity index (χ1v) is 5.98. The number of hydrogen-bond acceptors (Lipinski definition) is 6. The minimum atomic E-state index is -0.734. The van der Waals surface area contributed by atoms with Gasteiger partial charge in [-0.25, -0.2) is 0 Å². The smallest absolute Gasteiger partial charge is 0.0935 e. The molecule has 0 bridgehead atoms. The Morgan fingerprint density at radius 3 is 1.47 bits per heavy atom. The number of halogens is 1. The fraction of sp³-hybridized carbons (Fsp3) is 1.00.